The molecule has 1 saturated heterocycles. The van der Waals surface area contributed by atoms with Crippen LogP contribution in [0.1, 0.15) is 28.1 Å². The second-order valence-electron chi connectivity index (χ2n) is 2.74. The summed E-state index contributed by atoms with van der Waals surface area (Å²) >= 11 is 0. The zero-order chi connectivity index (χ0) is 9.40. The van der Waals surface area contributed by atoms with E-state index in [1.54, 1.807) is 0 Å². The lowest BCUT2D eigenvalue weighted by Gasteiger charge is -2.14. The molecule has 0 spiro atoms. The van der Waals surface area contributed by atoms with E-state index in [2.05, 4.69) is 4.90 Å². The minimum atomic E-state index is -0.293. The van der Waals surface area contributed by atoms with Crippen molar-refractivity contribution in [2.45, 2.75) is 32.7 Å². The van der Waals surface area contributed by atoms with Gasteiger partial charge in [-0.25, -0.2) is 0 Å². The van der Waals surface area contributed by atoms with E-state index in [1.807, 2.05) is 19.9 Å². The van der Waals surface area contributed by atoms with Gasteiger partial charge in [-0.1, -0.05) is 13.8 Å². The Labute approximate surface area is 76.6 Å². The molecule has 0 aliphatic carbocycles. The monoisotopic (exact) mass is 171 g/mol. The molecule has 0 aromatic carbocycles. The maximum Gasteiger partial charge on any atom is 0.106 e. The molecule has 0 aromatic heterocycles. The lowest BCUT2D eigenvalue weighted by molar-refractivity contribution is 0.332. The molecule has 1 heterocycles. The predicted molar refractivity (Wildman–Crippen MR) is 52.7 cm³/mol. The topological polar surface area (TPSA) is 53.1 Å². The van der Waals surface area contributed by atoms with Crippen molar-refractivity contribution in [2.24, 2.45) is 5.73 Å². The summed E-state index contributed by atoms with van der Waals surface area (Å²) in [6.45, 7) is 6.99. The Kier molecular flexibility index (Phi) is 6.73. The van der Waals surface area contributed by atoms with Gasteiger partial charge in [-0.15, -0.1) is 0 Å². The molecule has 3 heteroatoms. The van der Waals surface area contributed by atoms with E-state index >= 15 is 0 Å². The number of nitriles is 1. The first-order chi connectivity index (χ1) is 5.83. The van der Waals surface area contributed by atoms with E-state index in [0.717, 1.165) is 19.6 Å². The molecule has 1 atom stereocenters. The summed E-state index contributed by atoms with van der Waals surface area (Å²) in [5, 5.41) is 8.39. The molecule has 1 aliphatic rings. The van der Waals surface area contributed by atoms with Crippen LogP contribution < -0.4 is 5.73 Å². The Bertz CT molecular complexity index is 138. The van der Waals surface area contributed by atoms with Crippen molar-refractivity contribution in [1.82, 2.24) is 4.90 Å². The maximum atomic E-state index is 8.39. The summed E-state index contributed by atoms with van der Waals surface area (Å²) in [4.78, 5) is 2.24. The third-order valence-electron chi connectivity index (χ3n) is 1.82. The van der Waals surface area contributed by atoms with Crippen LogP contribution in [0.4, 0.5) is 0 Å². The number of nitrogens with zero attached hydrogens (tertiary/aromatic N) is 2. The van der Waals surface area contributed by atoms with Crippen LogP contribution in [0.5, 0.6) is 0 Å². The maximum absolute atomic E-state index is 8.39. The Morgan fingerprint density at radius 3 is 2.42 bits per heavy atom. The highest BCUT2D eigenvalue weighted by atomic mass is 15.1. The fourth-order valence-corrected chi connectivity index (χ4v) is 1.28. The smallest absolute Gasteiger partial charge is 0.106 e. The molecule has 2 N–H and O–H groups in total. The first kappa shape index (κ1) is 11.4. The van der Waals surface area contributed by atoms with Gasteiger partial charge >= 0.3 is 0 Å². The van der Waals surface area contributed by atoms with Crippen LogP contribution in [0.25, 0.3) is 0 Å². The van der Waals surface area contributed by atoms with Gasteiger partial charge in [-0.3, -0.25) is 0 Å². The van der Waals surface area contributed by atoms with Crippen LogP contribution in [0.15, 0.2) is 0 Å². The molecule has 1 unspecified atom stereocenters. The molecule has 3 nitrogen and oxygen atoms in total. The van der Waals surface area contributed by atoms with Crippen molar-refractivity contribution in [2.75, 3.05) is 19.6 Å². The van der Waals surface area contributed by atoms with E-state index in [0.29, 0.717) is 0 Å². The van der Waals surface area contributed by atoms with Gasteiger partial charge in [-0.2, -0.15) is 5.26 Å². The van der Waals surface area contributed by atoms with Crippen LogP contribution >= 0.6 is 0 Å². The molecule has 1 fully saturated rings. The predicted octanol–water partition coefficient (Wildman–Crippen LogP) is 1.21. The molecule has 0 saturated carbocycles. The minimum Gasteiger partial charge on any atom is -0.315 e. The number of hydrogen-bond acceptors (Lipinski definition) is 3. The summed E-state index contributed by atoms with van der Waals surface area (Å²) in [6.07, 6.45) is 2.52. The van der Waals surface area contributed by atoms with Crippen molar-refractivity contribution in [3.05, 3.63) is 0 Å². The summed E-state index contributed by atoms with van der Waals surface area (Å²) in [5.74, 6) is 0. The minimum absolute atomic E-state index is 0. The van der Waals surface area contributed by atoms with E-state index in [9.17, 15) is 0 Å². The van der Waals surface area contributed by atoms with Crippen LogP contribution in [-0.2, 0) is 0 Å². The SMILES string of the molecule is CC.N#CC(N)CN1CCCC1.[HH]. The van der Waals surface area contributed by atoms with Crippen LogP contribution in [0, 0.1) is 11.3 Å². The number of hydrogen-bond donors (Lipinski definition) is 1. The van der Waals surface area contributed by atoms with Gasteiger partial charge in [0.2, 0.25) is 0 Å². The van der Waals surface area contributed by atoms with Crippen molar-refractivity contribution in [3.8, 4) is 6.07 Å². The molecule has 1 rings (SSSR count). The van der Waals surface area contributed by atoms with Crippen molar-refractivity contribution >= 4 is 0 Å². The average Bonchev–Trinajstić information content (AvgIpc) is 2.60. The van der Waals surface area contributed by atoms with E-state index < -0.39 is 0 Å². The van der Waals surface area contributed by atoms with Gasteiger partial charge in [-0.05, 0) is 25.9 Å². The van der Waals surface area contributed by atoms with Crippen LogP contribution in [0.3, 0.4) is 0 Å². The lowest BCUT2D eigenvalue weighted by Crippen LogP contribution is -2.34. The van der Waals surface area contributed by atoms with Gasteiger partial charge in [0.05, 0.1) is 6.07 Å². The Morgan fingerprint density at radius 1 is 1.50 bits per heavy atom. The first-order valence-corrected chi connectivity index (χ1v) is 4.70. The zero-order valence-electron chi connectivity index (χ0n) is 8.08. The average molecular weight is 171 g/mol. The highest BCUT2D eigenvalue weighted by Crippen LogP contribution is 2.06. The van der Waals surface area contributed by atoms with E-state index in [-0.39, 0.29) is 7.47 Å². The third kappa shape index (κ3) is 4.32. The molecular weight excluding hydrogens is 150 g/mol. The van der Waals surface area contributed by atoms with Crippen LogP contribution in [0.2, 0.25) is 0 Å². The highest BCUT2D eigenvalue weighted by Gasteiger charge is 2.13. The van der Waals surface area contributed by atoms with Crippen molar-refractivity contribution in [3.63, 3.8) is 0 Å². The normalized spacial score (nSPS) is 19.2. The Balaban J connectivity index is 0. The largest absolute Gasteiger partial charge is 0.315 e. The second kappa shape index (κ2) is 7.08. The molecule has 1 aliphatic heterocycles. The summed E-state index contributed by atoms with van der Waals surface area (Å²) in [5.41, 5.74) is 5.45. The van der Waals surface area contributed by atoms with Gasteiger partial charge in [0.25, 0.3) is 0 Å². The summed E-state index contributed by atoms with van der Waals surface area (Å²) in [7, 11) is 0. The fraction of sp³-hybridized carbons (Fsp3) is 0.889. The Hall–Kier alpha value is -0.590. The van der Waals surface area contributed by atoms with E-state index in [1.165, 1.54) is 12.8 Å². The quantitative estimate of drug-likeness (QED) is 0.679. The van der Waals surface area contributed by atoms with Gasteiger partial charge in [0, 0.05) is 7.97 Å². The molecular formula is C9H21N3. The number of rotatable bonds is 2. The van der Waals surface area contributed by atoms with Gasteiger partial charge in [0.15, 0.2) is 0 Å². The van der Waals surface area contributed by atoms with Crippen LogP contribution in [-0.4, -0.2) is 30.6 Å². The molecule has 12 heavy (non-hydrogen) atoms. The highest BCUT2D eigenvalue weighted by molar-refractivity contribution is 4.89. The molecule has 72 valence electrons. The molecule has 0 bridgehead atoms. The van der Waals surface area contributed by atoms with Crippen molar-refractivity contribution in [1.29, 1.82) is 5.26 Å². The molecule has 0 aromatic rings. The van der Waals surface area contributed by atoms with Crippen molar-refractivity contribution < 1.29 is 1.43 Å². The molecule has 0 radical (unpaired) electrons. The fourth-order valence-electron chi connectivity index (χ4n) is 1.28. The number of likely N-dealkylation sites (tertiary alicyclic amines) is 1. The van der Waals surface area contributed by atoms with E-state index in [4.69, 9.17) is 11.0 Å². The lowest BCUT2D eigenvalue weighted by atomic mass is 10.3. The molecule has 0 amide bonds. The third-order valence-corrected chi connectivity index (χ3v) is 1.82. The summed E-state index contributed by atoms with van der Waals surface area (Å²) < 4.78 is 0. The zero-order valence-corrected chi connectivity index (χ0v) is 8.08. The van der Waals surface area contributed by atoms with Gasteiger partial charge < -0.3 is 10.6 Å². The standard InChI is InChI=1S/C7H13N3.C2H6.H2/c8-5-7(9)6-10-3-1-2-4-10;1-2;/h7H,1-4,6,9H2;1-2H3;1H. The first-order valence-electron chi connectivity index (χ1n) is 4.70. The second-order valence-corrected chi connectivity index (χ2v) is 2.74. The Morgan fingerprint density at radius 2 is 2.00 bits per heavy atom. The summed E-state index contributed by atoms with van der Waals surface area (Å²) in [6, 6.07) is 1.73. The number of nitrogens with two attached hydrogens (primary N) is 1. The van der Waals surface area contributed by atoms with Gasteiger partial charge in [0.1, 0.15) is 6.04 Å².